The third kappa shape index (κ3) is 1.26. The minimum absolute atomic E-state index is 0.0185. The van der Waals surface area contributed by atoms with Crippen LogP contribution in [0.5, 0.6) is 0 Å². The Bertz CT molecular complexity index is 6800. The molecule has 0 amide bonds. The highest BCUT2D eigenvalue weighted by Crippen LogP contribution is 2.83. The molecule has 4 aliphatic carbocycles. The average Bonchev–Trinajstić information content (AvgIpc) is 4.16. The van der Waals surface area contributed by atoms with Gasteiger partial charge >= 0.3 is 5.97 Å². The van der Waals surface area contributed by atoms with E-state index in [9.17, 15) is 0 Å². The number of ether oxygens (including phenoxy) is 1. The molecule has 2 heteroatoms. The maximum Gasteiger partial charge on any atom is 0.307 e. The summed E-state index contributed by atoms with van der Waals surface area (Å²) in [6, 6.07) is 0. The molecule has 0 N–H and O–H groups in total. The second-order valence-electron chi connectivity index (χ2n) is 24.2. The van der Waals surface area contributed by atoms with Gasteiger partial charge in [0.2, 0.25) is 0 Å². The quantitative estimate of drug-likeness (QED) is 0.131. The Morgan fingerprint density at radius 3 is 0.667 bits per heavy atom. The van der Waals surface area contributed by atoms with Crippen LogP contribution in [0.2, 0.25) is 0 Å². The van der Waals surface area contributed by atoms with Crippen molar-refractivity contribution >= 4 is 297 Å². The van der Waals surface area contributed by atoms with Gasteiger partial charge in [0.15, 0.2) is 0 Å². The summed E-state index contributed by atoms with van der Waals surface area (Å²) < 4.78 is 6.30. The minimum Gasteiger partial charge on any atom is -0.466 e. The van der Waals surface area contributed by atoms with Crippen molar-refractivity contribution in [1.29, 1.82) is 0 Å². The molecular formula is C64H8O2. The van der Waals surface area contributed by atoms with Gasteiger partial charge in [-0.15, -0.1) is 0 Å². The maximum atomic E-state index is 15.2. The second-order valence-corrected chi connectivity index (χ2v) is 24.2. The molecule has 28 aromatic rings. The fourth-order valence-electron chi connectivity index (χ4n) is 24.1. The molecule has 66 heavy (non-hydrogen) atoms. The highest BCUT2D eigenvalue weighted by atomic mass is 16.5. The highest BCUT2D eigenvalue weighted by molar-refractivity contribution is 6.82. The highest BCUT2D eigenvalue weighted by Gasteiger charge is 2.63. The van der Waals surface area contributed by atoms with Crippen molar-refractivity contribution in [3.63, 3.8) is 0 Å². The van der Waals surface area contributed by atoms with E-state index in [1.165, 1.54) is 11.1 Å². The summed E-state index contributed by atoms with van der Waals surface area (Å²) in [4.78, 5) is 15.2. The Labute approximate surface area is 358 Å². The molecule has 0 bridgehead atoms. The summed E-state index contributed by atoms with van der Waals surface area (Å²) in [5, 5.41) is 86.3. The first-order valence-electron chi connectivity index (χ1n) is 24.7. The number of rotatable bonds is 3. The molecule has 276 valence electrons. The molecule has 0 heterocycles. The molecule has 0 aromatic heterocycles. The molecule has 0 fully saturated rings. The molecule has 0 radical (unpaired) electrons. The van der Waals surface area contributed by atoms with E-state index in [1.807, 2.05) is 6.92 Å². The van der Waals surface area contributed by atoms with Gasteiger partial charge < -0.3 is 4.74 Å². The monoisotopic (exact) mass is 808 g/mol. The summed E-state index contributed by atoms with van der Waals surface area (Å²) in [5.41, 5.74) is 5.74. The van der Waals surface area contributed by atoms with E-state index in [0.717, 1.165) is 0 Å². The van der Waals surface area contributed by atoms with Crippen LogP contribution in [0.4, 0.5) is 0 Å². The number of carbonyl (C=O) groups excluding carboxylic acids is 1. The first kappa shape index (κ1) is 24.3. The van der Waals surface area contributed by atoms with Crippen LogP contribution in [0.25, 0.3) is 291 Å². The van der Waals surface area contributed by atoms with Gasteiger partial charge in [-0.3, -0.25) is 4.79 Å². The van der Waals surface area contributed by atoms with Crippen LogP contribution in [-0.2, 0) is 14.9 Å². The van der Waals surface area contributed by atoms with Gasteiger partial charge in [-0.05, 0) is 320 Å². The maximum absolute atomic E-state index is 15.2. The van der Waals surface area contributed by atoms with Gasteiger partial charge in [-0.2, -0.15) is 0 Å². The average molecular weight is 809 g/mol. The Kier molecular flexibility index (Phi) is 2.00. The number of hydrogen-bond donors (Lipinski definition) is 0. The van der Waals surface area contributed by atoms with Crippen molar-refractivity contribution in [2.45, 2.75) is 24.7 Å². The van der Waals surface area contributed by atoms with Gasteiger partial charge in [-0.25, -0.2) is 0 Å². The van der Waals surface area contributed by atoms with Crippen LogP contribution < -0.4 is 0 Å². The van der Waals surface area contributed by atoms with Crippen molar-refractivity contribution in [2.75, 3.05) is 6.61 Å². The predicted octanol–water partition coefficient (Wildman–Crippen LogP) is 17.1. The van der Waals surface area contributed by atoms with E-state index >= 15 is 4.79 Å². The number of benzene rings is 18. The standard InChI is InChI=1S/C64H8O2/c1-2-66-4(65)3-64-61-57-51-37-29-21-9-6-5-7-10(9)22-24-20-14(7)16-12-8(5)11-15-13(6)19-23(21)35(37)43-41-27(19)25(15)33-31-17(11)18(12)32-34-26(16)28(20)42-44-36(24)38(30(22)29)52(51)58(61)54(44)56-48(42)46(34)50-40(32)39(31)49-45(33)47(41)55(53(43)57)62(64)59(49)60(50)63(56)64/h61H,2-3H2,1H3. The van der Waals surface area contributed by atoms with Crippen LogP contribution in [0.15, 0.2) is 0 Å². The molecule has 0 unspecified atom stereocenters. The van der Waals surface area contributed by atoms with Crippen molar-refractivity contribution in [2.24, 2.45) is 0 Å². The molecule has 0 saturated carbocycles. The zero-order chi connectivity index (χ0) is 39.3. The summed E-state index contributed by atoms with van der Waals surface area (Å²) >= 11 is 0. The first-order chi connectivity index (χ1) is 32.8. The largest absolute Gasteiger partial charge is 0.466 e. The first-order valence-corrected chi connectivity index (χ1v) is 24.7. The van der Waals surface area contributed by atoms with Gasteiger partial charge in [0.25, 0.3) is 0 Å². The van der Waals surface area contributed by atoms with Crippen LogP contribution in [-0.4, -0.2) is 12.6 Å². The van der Waals surface area contributed by atoms with E-state index < -0.39 is 5.41 Å². The number of esters is 1. The zero-order valence-corrected chi connectivity index (χ0v) is 33.8. The lowest BCUT2D eigenvalue weighted by molar-refractivity contribution is -0.144. The zero-order valence-electron chi connectivity index (χ0n) is 33.8. The molecule has 0 spiro atoms. The summed E-state index contributed by atoms with van der Waals surface area (Å²) in [6.07, 6.45) is 0.404. The Hall–Kier alpha value is -8.07. The summed E-state index contributed by atoms with van der Waals surface area (Å²) in [5.74, 6) is 0.0579. The lowest BCUT2D eigenvalue weighted by Crippen LogP contribution is -2.39. The topological polar surface area (TPSA) is 26.3 Å². The lowest BCUT2D eigenvalue weighted by atomic mass is 9.56. The fourth-order valence-corrected chi connectivity index (χ4v) is 24.1. The molecule has 28 aromatic carbocycles. The lowest BCUT2D eigenvalue weighted by Gasteiger charge is -2.44. The Balaban J connectivity index is 1.24. The third-order valence-corrected chi connectivity index (χ3v) is 24.0. The minimum atomic E-state index is -0.544. The summed E-state index contributed by atoms with van der Waals surface area (Å²) in [6.45, 7) is 2.43. The smallest absolute Gasteiger partial charge is 0.307 e. The Morgan fingerprint density at radius 1 is 0.288 bits per heavy atom. The van der Waals surface area contributed by atoms with Crippen LogP contribution in [0.1, 0.15) is 41.5 Å². The van der Waals surface area contributed by atoms with E-state index in [-0.39, 0.29) is 11.9 Å². The Morgan fingerprint density at radius 2 is 0.455 bits per heavy atom. The third-order valence-electron chi connectivity index (χ3n) is 24.0. The number of carbonyl (C=O) groups is 1. The van der Waals surface area contributed by atoms with Gasteiger partial charge in [0, 0.05) is 11.3 Å². The van der Waals surface area contributed by atoms with E-state index in [4.69, 9.17) is 4.74 Å². The molecular weight excluding hydrogens is 801 g/mol. The van der Waals surface area contributed by atoms with E-state index in [0.29, 0.717) is 13.0 Å². The molecule has 2 nitrogen and oxygen atoms in total. The van der Waals surface area contributed by atoms with Crippen molar-refractivity contribution in [3.8, 4) is 0 Å². The normalized spacial score (nSPS) is 21.2. The molecule has 4 aliphatic rings. The van der Waals surface area contributed by atoms with Crippen molar-refractivity contribution < 1.29 is 9.53 Å². The van der Waals surface area contributed by atoms with Crippen molar-refractivity contribution in [3.05, 3.63) is 22.3 Å². The van der Waals surface area contributed by atoms with E-state index in [2.05, 4.69) is 0 Å². The summed E-state index contributed by atoms with van der Waals surface area (Å²) in [7, 11) is 0. The molecule has 0 saturated heterocycles. The molecule has 32 rings (SSSR count). The van der Waals surface area contributed by atoms with E-state index in [1.54, 1.807) is 302 Å². The fraction of sp³-hybridized carbons (Fsp3) is 0.0781. The van der Waals surface area contributed by atoms with Crippen LogP contribution >= 0.6 is 0 Å². The predicted molar refractivity (Wildman–Crippen MR) is 276 cm³/mol. The van der Waals surface area contributed by atoms with Crippen LogP contribution in [0.3, 0.4) is 0 Å². The van der Waals surface area contributed by atoms with Crippen molar-refractivity contribution in [1.82, 2.24) is 0 Å². The van der Waals surface area contributed by atoms with Gasteiger partial charge in [0.1, 0.15) is 0 Å². The second kappa shape index (κ2) is 5.44. The molecule has 0 atom stereocenters. The number of hydrogen-bond acceptors (Lipinski definition) is 2. The molecule has 0 aliphatic heterocycles. The van der Waals surface area contributed by atoms with Gasteiger partial charge in [-0.1, -0.05) is 0 Å². The van der Waals surface area contributed by atoms with Gasteiger partial charge in [0.05, 0.1) is 13.0 Å². The van der Waals surface area contributed by atoms with Crippen LogP contribution in [0, 0.1) is 0 Å². The SMILES string of the molecule is CCOC(=O)CC12c3c4c5c6c7c8c(c9c%10c1c1c3c3c%11c4c4c5c5c7c7c%12c8c8c9c9c%10c%10c1c1c3c3c%11c%11c4c4c5c7c5c7c%12c8c8c9c9c%10c1c1c3c3c%11c4c5c4c7c8c9c1c34)C62.